The number of hydrogen-bond acceptors (Lipinski definition) is 3. The van der Waals surface area contributed by atoms with Gasteiger partial charge in [-0.2, -0.15) is 5.10 Å². The number of nitrogens with zero attached hydrogens (tertiary/aromatic N) is 2. The highest BCUT2D eigenvalue weighted by Gasteiger charge is 2.16. The molecule has 0 spiro atoms. The average molecular weight is 348 g/mol. The summed E-state index contributed by atoms with van der Waals surface area (Å²) in [4.78, 5) is 11.1. The van der Waals surface area contributed by atoms with Gasteiger partial charge in [-0.15, -0.1) is 0 Å². The maximum Gasteiger partial charge on any atom is 0.153 e. The van der Waals surface area contributed by atoms with Crippen molar-refractivity contribution >= 4 is 41.1 Å². The van der Waals surface area contributed by atoms with Crippen LogP contribution in [0.1, 0.15) is 28.7 Å². The Morgan fingerprint density at radius 1 is 1.33 bits per heavy atom. The molecule has 1 aromatic heterocycles. The molecule has 0 N–H and O–H groups in total. The van der Waals surface area contributed by atoms with Crippen molar-refractivity contribution in [3.63, 3.8) is 0 Å². The van der Waals surface area contributed by atoms with Gasteiger partial charge in [0.2, 0.25) is 0 Å². The van der Waals surface area contributed by atoms with Gasteiger partial charge in [0.1, 0.15) is 12.4 Å². The van der Waals surface area contributed by atoms with Gasteiger partial charge in [-0.05, 0) is 26.0 Å². The number of halogens is 3. The Hall–Kier alpha value is -1.23. The third-order valence-electron chi connectivity index (χ3n) is 2.97. The lowest BCUT2D eigenvalue weighted by Gasteiger charge is -2.12. The van der Waals surface area contributed by atoms with Gasteiger partial charge in [0.25, 0.3) is 0 Å². The van der Waals surface area contributed by atoms with Crippen molar-refractivity contribution in [3.8, 4) is 5.75 Å². The zero-order valence-corrected chi connectivity index (χ0v) is 13.8. The van der Waals surface area contributed by atoms with Crippen molar-refractivity contribution < 1.29 is 9.53 Å². The van der Waals surface area contributed by atoms with E-state index in [-0.39, 0.29) is 17.4 Å². The molecule has 0 atom stereocenters. The standard InChI is InChI=1S/C14H13Cl3N2O2/c1-3-19-12(13(17)8(2)18-19)7-21-14-9(6-20)4-10(15)5-11(14)16/h4-6H,3,7H2,1-2H3. The Morgan fingerprint density at radius 3 is 2.67 bits per heavy atom. The third kappa shape index (κ3) is 3.34. The molecule has 0 saturated carbocycles. The Balaban J connectivity index is 2.31. The molecule has 0 aliphatic carbocycles. The average Bonchev–Trinajstić information content (AvgIpc) is 2.72. The van der Waals surface area contributed by atoms with Gasteiger partial charge in [0.05, 0.1) is 27.0 Å². The SMILES string of the molecule is CCn1nc(C)c(Cl)c1COc1c(Cl)cc(Cl)cc1C=O. The van der Waals surface area contributed by atoms with Crippen LogP contribution in [-0.4, -0.2) is 16.1 Å². The van der Waals surface area contributed by atoms with E-state index in [9.17, 15) is 4.79 Å². The van der Waals surface area contributed by atoms with Gasteiger partial charge in [-0.25, -0.2) is 0 Å². The zero-order valence-electron chi connectivity index (χ0n) is 11.5. The van der Waals surface area contributed by atoms with Crippen molar-refractivity contribution in [3.05, 3.63) is 44.2 Å². The second kappa shape index (κ2) is 6.69. The number of rotatable bonds is 5. The molecule has 21 heavy (non-hydrogen) atoms. The molecule has 0 amide bonds. The second-order valence-electron chi connectivity index (χ2n) is 4.37. The first kappa shape index (κ1) is 16.1. The van der Waals surface area contributed by atoms with Crippen molar-refractivity contribution in [1.82, 2.24) is 9.78 Å². The summed E-state index contributed by atoms with van der Waals surface area (Å²) in [6.07, 6.45) is 0.650. The predicted molar refractivity (Wildman–Crippen MR) is 83.8 cm³/mol. The summed E-state index contributed by atoms with van der Waals surface area (Å²) in [6.45, 7) is 4.61. The van der Waals surface area contributed by atoms with Crippen LogP contribution in [0.4, 0.5) is 0 Å². The van der Waals surface area contributed by atoms with Gasteiger partial charge < -0.3 is 4.74 Å². The van der Waals surface area contributed by atoms with Gasteiger partial charge in [-0.1, -0.05) is 34.8 Å². The van der Waals surface area contributed by atoms with E-state index >= 15 is 0 Å². The lowest BCUT2D eigenvalue weighted by Crippen LogP contribution is -2.07. The van der Waals surface area contributed by atoms with E-state index in [0.717, 1.165) is 11.4 Å². The Morgan fingerprint density at radius 2 is 2.05 bits per heavy atom. The third-order valence-corrected chi connectivity index (χ3v) is 3.96. The monoisotopic (exact) mass is 346 g/mol. The first-order valence-corrected chi connectivity index (χ1v) is 7.40. The lowest BCUT2D eigenvalue weighted by atomic mass is 10.2. The summed E-state index contributed by atoms with van der Waals surface area (Å²) in [6, 6.07) is 3.02. The van der Waals surface area contributed by atoms with E-state index in [1.807, 2.05) is 13.8 Å². The molecule has 4 nitrogen and oxygen atoms in total. The molecule has 1 heterocycles. The minimum Gasteiger partial charge on any atom is -0.485 e. The van der Waals surface area contributed by atoms with Crippen molar-refractivity contribution in [1.29, 1.82) is 0 Å². The quantitative estimate of drug-likeness (QED) is 0.745. The summed E-state index contributed by atoms with van der Waals surface area (Å²) >= 11 is 18.1. The van der Waals surface area contributed by atoms with Crippen LogP contribution in [0.2, 0.25) is 15.1 Å². The molecule has 0 unspecified atom stereocenters. The fourth-order valence-corrected chi connectivity index (χ4v) is 2.72. The Labute approximate surface area is 137 Å². The number of carbonyl (C=O) groups is 1. The molecule has 0 bridgehead atoms. The molecule has 112 valence electrons. The molecule has 0 aliphatic heterocycles. The van der Waals surface area contributed by atoms with Gasteiger partial charge in [-0.3, -0.25) is 9.48 Å². The van der Waals surface area contributed by atoms with Gasteiger partial charge in [0.15, 0.2) is 6.29 Å². The fraction of sp³-hybridized carbons (Fsp3) is 0.286. The summed E-state index contributed by atoms with van der Waals surface area (Å²) in [5.74, 6) is 0.286. The molecular formula is C14H13Cl3N2O2. The van der Waals surface area contributed by atoms with Crippen LogP contribution in [0.3, 0.4) is 0 Å². The van der Waals surface area contributed by atoms with Crippen LogP contribution >= 0.6 is 34.8 Å². The normalized spacial score (nSPS) is 10.7. The largest absolute Gasteiger partial charge is 0.485 e. The van der Waals surface area contributed by atoms with Crippen molar-refractivity contribution in [2.75, 3.05) is 0 Å². The minimum absolute atomic E-state index is 0.162. The number of aromatic nitrogens is 2. The molecule has 7 heteroatoms. The number of aryl methyl sites for hydroxylation is 2. The van der Waals surface area contributed by atoms with Gasteiger partial charge >= 0.3 is 0 Å². The summed E-state index contributed by atoms with van der Waals surface area (Å²) in [7, 11) is 0. The maximum atomic E-state index is 11.1. The summed E-state index contributed by atoms with van der Waals surface area (Å²) < 4.78 is 7.42. The van der Waals surface area contributed by atoms with Crippen molar-refractivity contribution in [2.24, 2.45) is 0 Å². The predicted octanol–water partition coefficient (Wildman–Crippen LogP) is 4.56. The van der Waals surface area contributed by atoms with E-state index in [4.69, 9.17) is 39.5 Å². The van der Waals surface area contributed by atoms with Gasteiger partial charge in [0, 0.05) is 11.6 Å². The summed E-state index contributed by atoms with van der Waals surface area (Å²) in [5, 5.41) is 5.51. The summed E-state index contributed by atoms with van der Waals surface area (Å²) in [5.41, 5.74) is 1.76. The number of aldehydes is 1. The lowest BCUT2D eigenvalue weighted by molar-refractivity contribution is 0.111. The van der Waals surface area contributed by atoms with E-state index in [0.29, 0.717) is 28.4 Å². The van der Waals surface area contributed by atoms with Crippen LogP contribution in [0.25, 0.3) is 0 Å². The number of carbonyl (C=O) groups excluding carboxylic acids is 1. The van der Waals surface area contributed by atoms with Crippen LogP contribution in [0.15, 0.2) is 12.1 Å². The molecule has 0 radical (unpaired) electrons. The van der Waals surface area contributed by atoms with Crippen LogP contribution in [0.5, 0.6) is 5.75 Å². The molecule has 0 saturated heterocycles. The highest BCUT2D eigenvalue weighted by Crippen LogP contribution is 2.32. The van der Waals surface area contributed by atoms with E-state index in [2.05, 4.69) is 5.10 Å². The Bertz CT molecular complexity index is 683. The number of hydrogen-bond donors (Lipinski definition) is 0. The molecular weight excluding hydrogens is 335 g/mol. The zero-order chi connectivity index (χ0) is 15.6. The first-order chi connectivity index (χ1) is 9.97. The molecule has 1 aromatic carbocycles. The number of benzene rings is 1. The van der Waals surface area contributed by atoms with Crippen LogP contribution in [-0.2, 0) is 13.2 Å². The topological polar surface area (TPSA) is 44.1 Å². The smallest absolute Gasteiger partial charge is 0.153 e. The molecule has 0 aliphatic rings. The highest BCUT2D eigenvalue weighted by atomic mass is 35.5. The molecule has 2 rings (SSSR count). The fourth-order valence-electron chi connectivity index (χ4n) is 1.97. The maximum absolute atomic E-state index is 11.1. The highest BCUT2D eigenvalue weighted by molar-refractivity contribution is 6.36. The van der Waals surface area contributed by atoms with E-state index in [1.165, 1.54) is 12.1 Å². The van der Waals surface area contributed by atoms with E-state index in [1.54, 1.807) is 4.68 Å². The minimum atomic E-state index is 0.162. The van der Waals surface area contributed by atoms with E-state index < -0.39 is 0 Å². The van der Waals surface area contributed by atoms with Crippen molar-refractivity contribution in [2.45, 2.75) is 27.0 Å². The van der Waals surface area contributed by atoms with Crippen LogP contribution in [0, 0.1) is 6.92 Å². The second-order valence-corrected chi connectivity index (χ2v) is 5.60. The Kier molecular flexibility index (Phi) is 5.14. The first-order valence-electron chi connectivity index (χ1n) is 6.26. The molecule has 2 aromatic rings. The molecule has 0 fully saturated rings. The number of ether oxygens (including phenoxy) is 1. The van der Waals surface area contributed by atoms with Crippen LogP contribution < -0.4 is 4.74 Å².